The van der Waals surface area contributed by atoms with Crippen molar-refractivity contribution in [2.24, 2.45) is 5.73 Å². The van der Waals surface area contributed by atoms with E-state index in [9.17, 15) is 9.59 Å². The molecule has 6 heteroatoms. The van der Waals surface area contributed by atoms with Crippen molar-refractivity contribution in [3.8, 4) is 0 Å². The number of nitrogens with zero attached hydrogens (tertiary/aromatic N) is 1. The van der Waals surface area contributed by atoms with Crippen LogP contribution in [0.25, 0.3) is 0 Å². The molecule has 0 amide bonds. The first-order valence-corrected chi connectivity index (χ1v) is 5.31. The van der Waals surface area contributed by atoms with Crippen molar-refractivity contribution in [2.75, 3.05) is 0 Å². The number of hydrogen-bond donors (Lipinski definition) is 2. The average molecular weight is 252 g/mol. The molecule has 0 aliphatic heterocycles. The predicted octanol–water partition coefficient (Wildman–Crippen LogP) is 0.977. The quantitative estimate of drug-likeness (QED) is 0.835. The molecule has 1 heterocycles. The van der Waals surface area contributed by atoms with E-state index in [0.717, 1.165) is 4.68 Å². The van der Waals surface area contributed by atoms with Crippen LogP contribution in [0.3, 0.4) is 0 Å². The Hall–Kier alpha value is -1.85. The van der Waals surface area contributed by atoms with Crippen LogP contribution < -0.4 is 11.3 Å². The summed E-state index contributed by atoms with van der Waals surface area (Å²) in [5, 5.41) is 3.17. The molecule has 0 atom stereocenters. The summed E-state index contributed by atoms with van der Waals surface area (Å²) in [6, 6.07) is 7.59. The molecule has 1 aromatic heterocycles. The lowest BCUT2D eigenvalue weighted by atomic mass is 10.2. The van der Waals surface area contributed by atoms with Crippen LogP contribution in [0.5, 0.6) is 0 Å². The van der Waals surface area contributed by atoms with Crippen LogP contribution in [0.15, 0.2) is 35.1 Å². The van der Waals surface area contributed by atoms with E-state index in [-0.39, 0.29) is 6.54 Å². The largest absolute Gasteiger partial charge is 0.325 e. The monoisotopic (exact) mass is 251 g/mol. The molecular formula is C11H10ClN3O2. The minimum absolute atomic E-state index is 0.177. The zero-order chi connectivity index (χ0) is 12.4. The van der Waals surface area contributed by atoms with Gasteiger partial charge >= 0.3 is 0 Å². The van der Waals surface area contributed by atoms with Gasteiger partial charge in [0.2, 0.25) is 0 Å². The van der Waals surface area contributed by atoms with Gasteiger partial charge in [0.1, 0.15) is 0 Å². The van der Waals surface area contributed by atoms with E-state index in [4.69, 9.17) is 17.3 Å². The second-order valence-electron chi connectivity index (χ2n) is 3.47. The third kappa shape index (κ3) is 2.30. The Morgan fingerprint density at radius 3 is 2.53 bits per heavy atom. The molecule has 0 radical (unpaired) electrons. The molecule has 0 aliphatic carbocycles. The number of halogens is 1. The molecule has 2 rings (SSSR count). The highest BCUT2D eigenvalue weighted by atomic mass is 35.5. The first-order valence-electron chi connectivity index (χ1n) is 4.93. The van der Waals surface area contributed by atoms with E-state index >= 15 is 0 Å². The number of benzene rings is 1. The first-order chi connectivity index (χ1) is 8.11. The molecular weight excluding hydrogens is 242 g/mol. The van der Waals surface area contributed by atoms with Gasteiger partial charge in [-0.3, -0.25) is 14.7 Å². The fourth-order valence-electron chi connectivity index (χ4n) is 1.42. The number of carbonyl (C=O) groups excluding carboxylic acids is 1. The van der Waals surface area contributed by atoms with Gasteiger partial charge in [-0.25, -0.2) is 0 Å². The second kappa shape index (κ2) is 4.57. The summed E-state index contributed by atoms with van der Waals surface area (Å²) >= 11 is 5.72. The lowest BCUT2D eigenvalue weighted by Crippen LogP contribution is -2.24. The molecule has 17 heavy (non-hydrogen) atoms. The Morgan fingerprint density at radius 1 is 1.35 bits per heavy atom. The summed E-state index contributed by atoms with van der Waals surface area (Å²) in [7, 11) is 0. The minimum atomic E-state index is -0.439. The van der Waals surface area contributed by atoms with Gasteiger partial charge in [0.05, 0.1) is 5.69 Å². The Balaban J connectivity index is 2.40. The van der Waals surface area contributed by atoms with E-state index < -0.39 is 11.5 Å². The van der Waals surface area contributed by atoms with Crippen LogP contribution in [0.2, 0.25) is 5.02 Å². The van der Waals surface area contributed by atoms with Gasteiger partial charge in [-0.1, -0.05) is 11.6 Å². The summed E-state index contributed by atoms with van der Waals surface area (Å²) in [6.45, 7) is 0.177. The van der Waals surface area contributed by atoms with Crippen molar-refractivity contribution in [1.29, 1.82) is 0 Å². The second-order valence-corrected chi connectivity index (χ2v) is 3.91. The maximum atomic E-state index is 12.0. The minimum Gasteiger partial charge on any atom is -0.325 e. The van der Waals surface area contributed by atoms with E-state index in [1.54, 1.807) is 24.3 Å². The van der Waals surface area contributed by atoms with E-state index in [0.29, 0.717) is 16.3 Å². The van der Waals surface area contributed by atoms with Gasteiger partial charge in [0.15, 0.2) is 0 Å². The van der Waals surface area contributed by atoms with Crippen molar-refractivity contribution in [3.63, 3.8) is 0 Å². The number of nitrogens with two attached hydrogens (primary N) is 1. The summed E-state index contributed by atoms with van der Waals surface area (Å²) < 4.78 is 0.922. The number of nitrogens with one attached hydrogen (secondary N) is 1. The van der Waals surface area contributed by atoms with Crippen LogP contribution in [-0.2, 0) is 6.54 Å². The zero-order valence-electron chi connectivity index (χ0n) is 8.81. The molecule has 0 saturated carbocycles. The number of aromatic amines is 1. The van der Waals surface area contributed by atoms with Crippen molar-refractivity contribution in [3.05, 3.63) is 57.0 Å². The molecule has 88 valence electrons. The number of H-pyrrole nitrogens is 1. The smallest absolute Gasteiger partial charge is 0.279 e. The van der Waals surface area contributed by atoms with E-state index in [1.807, 2.05) is 0 Å². The van der Waals surface area contributed by atoms with Crippen LogP contribution in [0.4, 0.5) is 0 Å². The Bertz CT molecular complexity index is 598. The fourth-order valence-corrected chi connectivity index (χ4v) is 1.55. The highest BCUT2D eigenvalue weighted by molar-refractivity contribution is 6.30. The standard InChI is InChI=1S/C11H10ClN3O2/c12-8-3-1-7(2-4-8)11(17)15-10(16)5-9(6-13)14-15/h1-5,14H,6,13H2. The zero-order valence-corrected chi connectivity index (χ0v) is 9.57. The maximum absolute atomic E-state index is 12.0. The number of rotatable bonds is 2. The molecule has 0 unspecified atom stereocenters. The lowest BCUT2D eigenvalue weighted by Gasteiger charge is -2.01. The van der Waals surface area contributed by atoms with Gasteiger partial charge < -0.3 is 5.73 Å². The molecule has 0 aliphatic rings. The molecule has 0 bridgehead atoms. The molecule has 0 fully saturated rings. The first kappa shape index (κ1) is 11.6. The number of carbonyl (C=O) groups is 1. The van der Waals surface area contributed by atoms with Crippen molar-refractivity contribution in [1.82, 2.24) is 9.78 Å². The van der Waals surface area contributed by atoms with Crippen LogP contribution in [0, 0.1) is 0 Å². The Labute approximate surface area is 102 Å². The van der Waals surface area contributed by atoms with Crippen molar-refractivity contribution >= 4 is 17.5 Å². The lowest BCUT2D eigenvalue weighted by molar-refractivity contribution is 0.0941. The van der Waals surface area contributed by atoms with E-state index in [1.165, 1.54) is 6.07 Å². The third-order valence-electron chi connectivity index (χ3n) is 2.29. The molecule has 0 spiro atoms. The summed E-state index contributed by atoms with van der Waals surface area (Å²) in [5.41, 5.74) is 5.84. The van der Waals surface area contributed by atoms with Gasteiger partial charge in [-0.15, -0.1) is 0 Å². The van der Waals surface area contributed by atoms with Crippen LogP contribution >= 0.6 is 11.6 Å². The van der Waals surface area contributed by atoms with E-state index in [2.05, 4.69) is 5.10 Å². The average Bonchev–Trinajstić information content (AvgIpc) is 2.71. The fraction of sp³-hybridized carbons (Fsp3) is 0.0909. The van der Waals surface area contributed by atoms with Gasteiger partial charge in [0.25, 0.3) is 11.5 Å². The van der Waals surface area contributed by atoms with Gasteiger partial charge in [0, 0.05) is 23.2 Å². The highest BCUT2D eigenvalue weighted by Gasteiger charge is 2.12. The third-order valence-corrected chi connectivity index (χ3v) is 2.54. The van der Waals surface area contributed by atoms with Crippen molar-refractivity contribution < 1.29 is 4.79 Å². The SMILES string of the molecule is NCc1cc(=O)n(C(=O)c2ccc(Cl)cc2)[nH]1. The summed E-state index contributed by atoms with van der Waals surface area (Å²) in [5.74, 6) is -0.439. The maximum Gasteiger partial charge on any atom is 0.279 e. The topological polar surface area (TPSA) is 80.9 Å². The number of hydrogen-bond acceptors (Lipinski definition) is 3. The molecule has 5 nitrogen and oxygen atoms in total. The van der Waals surface area contributed by atoms with Gasteiger partial charge in [-0.05, 0) is 24.3 Å². The van der Waals surface area contributed by atoms with Gasteiger partial charge in [-0.2, -0.15) is 4.68 Å². The Morgan fingerprint density at radius 2 is 2.00 bits per heavy atom. The normalized spacial score (nSPS) is 10.5. The summed E-state index contributed by atoms with van der Waals surface area (Å²) in [4.78, 5) is 23.5. The van der Waals surface area contributed by atoms with Crippen LogP contribution in [-0.4, -0.2) is 15.7 Å². The van der Waals surface area contributed by atoms with Crippen LogP contribution in [0.1, 0.15) is 16.1 Å². The predicted molar refractivity (Wildman–Crippen MR) is 64.1 cm³/mol. The molecule has 2 aromatic rings. The highest BCUT2D eigenvalue weighted by Crippen LogP contribution is 2.10. The summed E-state index contributed by atoms with van der Waals surface area (Å²) in [6.07, 6.45) is 0. The van der Waals surface area contributed by atoms with Crippen molar-refractivity contribution in [2.45, 2.75) is 6.54 Å². The molecule has 0 saturated heterocycles. The number of aromatic nitrogens is 2. The Kier molecular flexibility index (Phi) is 3.12. The molecule has 1 aromatic carbocycles. The molecule has 3 N–H and O–H groups in total.